The minimum Gasteiger partial charge on any atom is -0.299 e. The Hall–Kier alpha value is -0.330. The lowest BCUT2D eigenvalue weighted by molar-refractivity contribution is -0.122. The third-order valence-electron chi connectivity index (χ3n) is 4.18. The summed E-state index contributed by atoms with van der Waals surface area (Å²) in [4.78, 5) is 11.4. The van der Waals surface area contributed by atoms with E-state index in [2.05, 4.69) is 0 Å². The topological polar surface area (TPSA) is 17.1 Å². The van der Waals surface area contributed by atoms with Crippen molar-refractivity contribution in [3.63, 3.8) is 0 Å². The molecule has 3 aliphatic rings. The van der Waals surface area contributed by atoms with Crippen LogP contribution in [0.2, 0.25) is 0 Å². The number of ketones is 1. The zero-order chi connectivity index (χ0) is 7.42. The summed E-state index contributed by atoms with van der Waals surface area (Å²) in [5.41, 5.74) is 0. The fourth-order valence-electron chi connectivity index (χ4n) is 3.80. The van der Waals surface area contributed by atoms with E-state index < -0.39 is 0 Å². The predicted molar refractivity (Wildman–Crippen MR) is 42.1 cm³/mol. The first-order valence-corrected chi connectivity index (χ1v) is 4.89. The van der Waals surface area contributed by atoms with Gasteiger partial charge in [0.25, 0.3) is 0 Å². The summed E-state index contributed by atoms with van der Waals surface area (Å²) in [6.45, 7) is 0. The van der Waals surface area contributed by atoms with E-state index in [4.69, 9.17) is 0 Å². The first-order valence-electron chi connectivity index (χ1n) is 4.89. The maximum atomic E-state index is 11.4. The lowest BCUT2D eigenvalue weighted by Gasteiger charge is -2.22. The Bertz CT molecular complexity index is 209. The van der Waals surface area contributed by atoms with E-state index in [-0.39, 0.29) is 0 Å². The summed E-state index contributed by atoms with van der Waals surface area (Å²) in [6.07, 6.45) is 6.31. The van der Waals surface area contributed by atoms with Gasteiger partial charge < -0.3 is 0 Å². The molecule has 0 amide bonds. The van der Waals surface area contributed by atoms with Crippen molar-refractivity contribution in [3.8, 4) is 0 Å². The molecule has 0 heterocycles. The maximum absolute atomic E-state index is 11.4. The van der Waals surface area contributed by atoms with Crippen molar-refractivity contribution >= 4 is 5.78 Å². The van der Waals surface area contributed by atoms with Crippen LogP contribution >= 0.6 is 0 Å². The van der Waals surface area contributed by atoms with Crippen LogP contribution in [0.4, 0.5) is 0 Å². The first kappa shape index (κ1) is 6.22. The SMILES string of the molecule is O=C1CC[C@H]2[C@H]3CC[C@H](C3)[C@@H]12. The van der Waals surface area contributed by atoms with Crippen LogP contribution in [0, 0.1) is 23.7 Å². The highest BCUT2D eigenvalue weighted by atomic mass is 16.1. The van der Waals surface area contributed by atoms with Gasteiger partial charge in [0, 0.05) is 12.3 Å². The van der Waals surface area contributed by atoms with Crippen LogP contribution in [0.1, 0.15) is 32.1 Å². The van der Waals surface area contributed by atoms with Gasteiger partial charge in [-0.2, -0.15) is 0 Å². The van der Waals surface area contributed by atoms with Gasteiger partial charge in [0.15, 0.2) is 0 Å². The van der Waals surface area contributed by atoms with Crippen molar-refractivity contribution in [1.82, 2.24) is 0 Å². The molecule has 4 atom stereocenters. The largest absolute Gasteiger partial charge is 0.299 e. The first-order chi connectivity index (χ1) is 5.36. The van der Waals surface area contributed by atoms with E-state index in [1.807, 2.05) is 0 Å². The third-order valence-corrected chi connectivity index (χ3v) is 4.18. The molecule has 0 aromatic carbocycles. The minimum absolute atomic E-state index is 0.536. The summed E-state index contributed by atoms with van der Waals surface area (Å²) in [6, 6.07) is 0. The Balaban J connectivity index is 1.97. The summed E-state index contributed by atoms with van der Waals surface area (Å²) in [5.74, 6) is 3.74. The average molecular weight is 150 g/mol. The van der Waals surface area contributed by atoms with Crippen LogP contribution in [0.15, 0.2) is 0 Å². The normalized spacial score (nSPS) is 53.6. The Morgan fingerprint density at radius 3 is 2.73 bits per heavy atom. The zero-order valence-corrected chi connectivity index (χ0v) is 6.75. The molecular weight excluding hydrogens is 136 g/mol. The van der Waals surface area contributed by atoms with Gasteiger partial charge in [-0.1, -0.05) is 0 Å². The van der Waals surface area contributed by atoms with E-state index in [9.17, 15) is 4.79 Å². The standard InChI is InChI=1S/C10H14O/c11-9-4-3-8-6-1-2-7(5-6)10(8)9/h6-8,10H,1-5H2/t6-,7+,8-,10+/m0/s1. The molecule has 60 valence electrons. The Morgan fingerprint density at radius 2 is 1.91 bits per heavy atom. The molecule has 0 N–H and O–H groups in total. The third kappa shape index (κ3) is 0.646. The van der Waals surface area contributed by atoms with E-state index in [0.717, 1.165) is 24.2 Å². The second-order valence-corrected chi connectivity index (χ2v) is 4.53. The fraction of sp³-hybridized carbons (Fsp3) is 0.900. The van der Waals surface area contributed by atoms with E-state index in [0.29, 0.717) is 11.7 Å². The molecule has 0 aromatic heterocycles. The van der Waals surface area contributed by atoms with Gasteiger partial charge in [0.1, 0.15) is 5.78 Å². The monoisotopic (exact) mass is 150 g/mol. The molecule has 0 aromatic rings. The van der Waals surface area contributed by atoms with E-state index >= 15 is 0 Å². The molecule has 1 nitrogen and oxygen atoms in total. The van der Waals surface area contributed by atoms with Crippen molar-refractivity contribution in [2.45, 2.75) is 32.1 Å². The molecule has 3 fully saturated rings. The molecule has 2 bridgehead atoms. The van der Waals surface area contributed by atoms with Crippen LogP contribution in [0.5, 0.6) is 0 Å². The van der Waals surface area contributed by atoms with Crippen molar-refractivity contribution in [3.05, 3.63) is 0 Å². The molecule has 0 aliphatic heterocycles. The number of hydrogen-bond acceptors (Lipinski definition) is 1. The summed E-state index contributed by atoms with van der Waals surface area (Å²) < 4.78 is 0. The van der Waals surface area contributed by atoms with Gasteiger partial charge in [-0.3, -0.25) is 4.79 Å². The van der Waals surface area contributed by atoms with Gasteiger partial charge in [-0.15, -0.1) is 0 Å². The second-order valence-electron chi connectivity index (χ2n) is 4.53. The molecule has 3 rings (SSSR count). The lowest BCUT2D eigenvalue weighted by Crippen LogP contribution is -2.21. The quantitative estimate of drug-likeness (QED) is 0.516. The van der Waals surface area contributed by atoms with Gasteiger partial charge in [-0.05, 0) is 43.4 Å². The molecule has 0 radical (unpaired) electrons. The zero-order valence-electron chi connectivity index (χ0n) is 6.75. The maximum Gasteiger partial charge on any atom is 0.136 e. The molecule has 0 unspecified atom stereocenters. The Morgan fingerprint density at radius 1 is 1.09 bits per heavy atom. The van der Waals surface area contributed by atoms with Gasteiger partial charge in [0.05, 0.1) is 0 Å². The van der Waals surface area contributed by atoms with Crippen LogP contribution in [0.25, 0.3) is 0 Å². The number of Topliss-reactive ketones (excluding diaryl/α,β-unsaturated/α-hetero) is 1. The molecular formula is C10H14O. The number of fused-ring (bicyclic) bond motifs is 5. The molecule has 11 heavy (non-hydrogen) atoms. The van der Waals surface area contributed by atoms with Gasteiger partial charge in [0.2, 0.25) is 0 Å². The number of hydrogen-bond donors (Lipinski definition) is 0. The number of rotatable bonds is 0. The second kappa shape index (κ2) is 1.88. The van der Waals surface area contributed by atoms with Crippen molar-refractivity contribution in [1.29, 1.82) is 0 Å². The van der Waals surface area contributed by atoms with Crippen molar-refractivity contribution in [2.75, 3.05) is 0 Å². The van der Waals surface area contributed by atoms with Gasteiger partial charge >= 0.3 is 0 Å². The van der Waals surface area contributed by atoms with E-state index in [1.165, 1.54) is 25.7 Å². The highest BCUT2D eigenvalue weighted by molar-refractivity contribution is 5.84. The molecule has 3 saturated carbocycles. The predicted octanol–water partition coefficient (Wildman–Crippen LogP) is 2.01. The summed E-state index contributed by atoms with van der Waals surface area (Å²) in [7, 11) is 0. The average Bonchev–Trinajstić information content (AvgIpc) is 2.60. The van der Waals surface area contributed by atoms with Crippen LogP contribution in [-0.4, -0.2) is 5.78 Å². The molecule has 0 saturated heterocycles. The summed E-state index contributed by atoms with van der Waals surface area (Å²) >= 11 is 0. The smallest absolute Gasteiger partial charge is 0.136 e. The molecule has 1 heteroatoms. The van der Waals surface area contributed by atoms with Crippen LogP contribution in [-0.2, 0) is 4.79 Å². The minimum atomic E-state index is 0.536. The van der Waals surface area contributed by atoms with Crippen molar-refractivity contribution in [2.24, 2.45) is 23.7 Å². The fourth-order valence-corrected chi connectivity index (χ4v) is 3.80. The summed E-state index contributed by atoms with van der Waals surface area (Å²) in [5, 5.41) is 0. The lowest BCUT2D eigenvalue weighted by atomic mass is 9.81. The van der Waals surface area contributed by atoms with Crippen LogP contribution in [0.3, 0.4) is 0 Å². The molecule has 0 spiro atoms. The number of carbonyl (C=O) groups is 1. The van der Waals surface area contributed by atoms with Gasteiger partial charge in [-0.25, -0.2) is 0 Å². The van der Waals surface area contributed by atoms with Crippen molar-refractivity contribution < 1.29 is 4.79 Å². The Labute approximate surface area is 67.2 Å². The highest BCUT2D eigenvalue weighted by Gasteiger charge is 2.52. The van der Waals surface area contributed by atoms with Crippen LogP contribution < -0.4 is 0 Å². The highest BCUT2D eigenvalue weighted by Crippen LogP contribution is 2.57. The van der Waals surface area contributed by atoms with E-state index in [1.54, 1.807) is 0 Å². The molecule has 3 aliphatic carbocycles. The number of carbonyl (C=O) groups excluding carboxylic acids is 1. The Kier molecular flexibility index (Phi) is 1.06.